The van der Waals surface area contributed by atoms with E-state index < -0.39 is 41.3 Å². The first-order chi connectivity index (χ1) is 20.5. The molecule has 0 bridgehead atoms. The van der Waals surface area contributed by atoms with Crippen LogP contribution in [0.3, 0.4) is 0 Å². The molecule has 2 heterocycles. The maximum absolute atomic E-state index is 12.8. The van der Waals surface area contributed by atoms with Crippen molar-refractivity contribution in [3.8, 4) is 5.75 Å². The monoisotopic (exact) mass is 618 g/mol. The number of aryl methyl sites for hydroxylation is 1. The number of fused-ring (bicyclic) bond motifs is 1. The number of urea groups is 1. The smallest absolute Gasteiger partial charge is 0.490 e. The molecule has 14 heteroatoms. The Hall–Kier alpha value is -4.88. The van der Waals surface area contributed by atoms with Crippen molar-refractivity contribution < 1.29 is 46.9 Å². The van der Waals surface area contributed by atoms with Gasteiger partial charge in [0.1, 0.15) is 16.9 Å². The fourth-order valence-electron chi connectivity index (χ4n) is 4.30. The van der Waals surface area contributed by atoms with Crippen LogP contribution in [-0.4, -0.2) is 64.6 Å². The molecule has 1 atom stereocenters. The van der Waals surface area contributed by atoms with Crippen molar-refractivity contribution >= 4 is 34.9 Å². The molecular formula is C30H33F3N4O7. The number of carboxylic acids is 1. The molecule has 11 nitrogen and oxygen atoms in total. The van der Waals surface area contributed by atoms with Crippen LogP contribution in [0.2, 0.25) is 0 Å². The highest BCUT2D eigenvalue weighted by molar-refractivity contribution is 6.03. The molecule has 1 fully saturated rings. The molecule has 44 heavy (non-hydrogen) atoms. The van der Waals surface area contributed by atoms with E-state index in [1.165, 1.54) is 5.56 Å². The highest BCUT2D eigenvalue weighted by atomic mass is 19.4. The molecule has 0 radical (unpaired) electrons. The number of aliphatic carboxylic acids is 1. The Bertz CT molecular complexity index is 1520. The third-order valence-electron chi connectivity index (χ3n) is 6.19. The van der Waals surface area contributed by atoms with E-state index in [-0.39, 0.29) is 13.0 Å². The minimum Gasteiger partial charge on any atom is -0.493 e. The number of amides is 4. The molecule has 3 aromatic rings. The number of para-hydroxylation sites is 1. The zero-order chi connectivity index (χ0) is 32.7. The number of nitrogens with zero attached hydrogens (tertiary/aromatic N) is 1. The zero-order valence-electron chi connectivity index (χ0n) is 24.5. The molecule has 4 amide bonds. The highest BCUT2D eigenvalue weighted by Gasteiger charge is 2.45. The Morgan fingerprint density at radius 2 is 1.70 bits per heavy atom. The molecule has 4 N–H and O–H groups in total. The van der Waals surface area contributed by atoms with Crippen LogP contribution in [0.5, 0.6) is 5.75 Å². The van der Waals surface area contributed by atoms with Gasteiger partial charge in [0.05, 0.1) is 18.7 Å². The summed E-state index contributed by atoms with van der Waals surface area (Å²) in [6.45, 7) is 7.62. The number of imide groups is 1. The van der Waals surface area contributed by atoms with Crippen molar-refractivity contribution in [2.24, 2.45) is 0 Å². The van der Waals surface area contributed by atoms with Crippen LogP contribution in [0.15, 0.2) is 54.6 Å². The second kappa shape index (κ2) is 13.6. The van der Waals surface area contributed by atoms with Crippen LogP contribution in [0, 0.1) is 6.92 Å². The van der Waals surface area contributed by atoms with Gasteiger partial charge in [-0.15, -0.1) is 0 Å². The molecule has 236 valence electrons. The van der Waals surface area contributed by atoms with Gasteiger partial charge in [-0.3, -0.25) is 15.1 Å². The topological polar surface area (TPSA) is 156 Å². The predicted molar refractivity (Wildman–Crippen MR) is 153 cm³/mol. The number of hydrogen-bond donors (Lipinski definition) is 4. The van der Waals surface area contributed by atoms with E-state index in [1.807, 2.05) is 49.4 Å². The number of aromatic nitrogens is 1. The van der Waals surface area contributed by atoms with Gasteiger partial charge in [-0.25, -0.2) is 14.4 Å². The van der Waals surface area contributed by atoms with E-state index in [1.54, 1.807) is 20.8 Å². The third-order valence-corrected chi connectivity index (χ3v) is 6.19. The predicted octanol–water partition coefficient (Wildman–Crippen LogP) is 4.44. The van der Waals surface area contributed by atoms with Crippen LogP contribution in [0.4, 0.5) is 22.8 Å². The van der Waals surface area contributed by atoms with E-state index in [0.29, 0.717) is 12.4 Å². The van der Waals surface area contributed by atoms with Gasteiger partial charge in [0.25, 0.3) is 5.91 Å². The second-order valence-electron chi connectivity index (χ2n) is 11.0. The number of ether oxygens (including phenoxy) is 2. The van der Waals surface area contributed by atoms with E-state index in [4.69, 9.17) is 19.4 Å². The number of halogens is 3. The first-order valence-electron chi connectivity index (χ1n) is 13.4. The lowest BCUT2D eigenvalue weighted by Crippen LogP contribution is -2.71. The lowest BCUT2D eigenvalue weighted by atomic mass is 9.88. The largest absolute Gasteiger partial charge is 0.493 e. The van der Waals surface area contributed by atoms with Gasteiger partial charge >= 0.3 is 24.3 Å². The molecule has 1 saturated heterocycles. The first-order valence-corrected chi connectivity index (χ1v) is 13.4. The first kappa shape index (κ1) is 33.6. The van der Waals surface area contributed by atoms with Crippen molar-refractivity contribution in [3.05, 3.63) is 71.4 Å². The van der Waals surface area contributed by atoms with Crippen molar-refractivity contribution in [3.63, 3.8) is 0 Å². The molecule has 1 aliphatic heterocycles. The summed E-state index contributed by atoms with van der Waals surface area (Å²) < 4.78 is 43.1. The maximum atomic E-state index is 12.8. The minimum atomic E-state index is -5.08. The summed E-state index contributed by atoms with van der Waals surface area (Å²) in [7, 11) is 0. The Kier molecular flexibility index (Phi) is 10.4. The summed E-state index contributed by atoms with van der Waals surface area (Å²) >= 11 is 0. The molecule has 1 aromatic heterocycles. The molecule has 1 unspecified atom stereocenters. The van der Waals surface area contributed by atoms with E-state index in [0.717, 1.165) is 28.6 Å². The van der Waals surface area contributed by atoms with Gasteiger partial charge in [0, 0.05) is 23.9 Å². The molecule has 4 rings (SSSR count). The molecule has 2 aromatic carbocycles. The Labute approximate surface area is 251 Å². The van der Waals surface area contributed by atoms with Crippen LogP contribution in [-0.2, 0) is 27.2 Å². The maximum Gasteiger partial charge on any atom is 0.490 e. The van der Waals surface area contributed by atoms with Crippen LogP contribution in [0.25, 0.3) is 10.9 Å². The van der Waals surface area contributed by atoms with E-state index in [2.05, 4.69) is 33.1 Å². The van der Waals surface area contributed by atoms with Gasteiger partial charge in [0.15, 0.2) is 0 Å². The average Bonchev–Trinajstić information content (AvgIpc) is 2.90. The van der Waals surface area contributed by atoms with Crippen LogP contribution >= 0.6 is 0 Å². The van der Waals surface area contributed by atoms with Gasteiger partial charge in [-0.05, 0) is 63.1 Å². The van der Waals surface area contributed by atoms with Gasteiger partial charge < -0.3 is 25.2 Å². The number of carbonyl (C=O) groups excluding carboxylic acids is 3. The summed E-state index contributed by atoms with van der Waals surface area (Å²) in [5.41, 5.74) is 1.78. The van der Waals surface area contributed by atoms with Crippen LogP contribution < -0.4 is 20.7 Å². The molecule has 1 aliphatic rings. The summed E-state index contributed by atoms with van der Waals surface area (Å²) in [6, 6.07) is 16.9. The second-order valence-corrected chi connectivity index (χ2v) is 11.0. The minimum absolute atomic E-state index is 0.0610. The number of alkyl halides is 3. The van der Waals surface area contributed by atoms with E-state index >= 15 is 0 Å². The standard InChI is InChI=1S/C28H32N4O5.C2HF3O2/c1-18-15-20(22-7-5-6-8-23(22)30-18)13-14-36-21-11-9-19(10-12-21)16-28(17-29-25(34)31-24(28)33)32-26(35)37-27(2,3)4;3-2(4,5)1(6)7/h5-12,15H,13-14,16-17H2,1-4H3,(H,32,35)(H2,29,31,33,34);(H,6,7). The highest BCUT2D eigenvalue weighted by Crippen LogP contribution is 2.22. The van der Waals surface area contributed by atoms with Crippen LogP contribution in [0.1, 0.15) is 37.6 Å². The fraction of sp³-hybridized carbons (Fsp3) is 0.367. The number of carboxylic acid groups (broad SMARTS) is 1. The van der Waals surface area contributed by atoms with Crippen molar-refractivity contribution in [1.82, 2.24) is 20.9 Å². The Balaban J connectivity index is 0.000000676. The lowest BCUT2D eigenvalue weighted by Gasteiger charge is -2.37. The summed E-state index contributed by atoms with van der Waals surface area (Å²) in [6.07, 6.45) is -4.94. The Morgan fingerprint density at radius 3 is 2.30 bits per heavy atom. The van der Waals surface area contributed by atoms with Gasteiger partial charge in [0.2, 0.25) is 0 Å². The normalized spacial score (nSPS) is 16.6. The third kappa shape index (κ3) is 9.57. The molecule has 0 saturated carbocycles. The molecular weight excluding hydrogens is 585 g/mol. The summed E-state index contributed by atoms with van der Waals surface area (Å²) in [5, 5.41) is 15.7. The van der Waals surface area contributed by atoms with Crippen molar-refractivity contribution in [2.45, 2.75) is 57.9 Å². The lowest BCUT2D eigenvalue weighted by molar-refractivity contribution is -0.192. The van der Waals surface area contributed by atoms with Crippen molar-refractivity contribution in [2.75, 3.05) is 13.2 Å². The number of nitrogens with one attached hydrogen (secondary N) is 3. The number of hydrogen-bond acceptors (Lipinski definition) is 7. The fourth-order valence-corrected chi connectivity index (χ4v) is 4.30. The van der Waals surface area contributed by atoms with Gasteiger partial charge in [-0.1, -0.05) is 30.3 Å². The molecule has 0 aliphatic carbocycles. The van der Waals surface area contributed by atoms with Crippen molar-refractivity contribution in [1.29, 1.82) is 0 Å². The zero-order valence-corrected chi connectivity index (χ0v) is 24.5. The SMILES string of the molecule is Cc1cc(CCOc2ccc(CC3(NC(=O)OC(C)(C)C)CNC(=O)NC3=O)cc2)c2ccccc2n1.O=C(O)C(F)(F)F. The summed E-state index contributed by atoms with van der Waals surface area (Å²) in [5.74, 6) is -2.66. The van der Waals surface area contributed by atoms with E-state index in [9.17, 15) is 27.6 Å². The summed E-state index contributed by atoms with van der Waals surface area (Å²) in [4.78, 5) is 50.5. The Morgan fingerprint density at radius 1 is 1.07 bits per heavy atom. The number of carbonyl (C=O) groups is 4. The number of pyridine rings is 1. The molecule has 0 spiro atoms. The number of rotatable bonds is 7. The average molecular weight is 619 g/mol. The number of alkyl carbamates (subject to hydrolysis) is 1. The van der Waals surface area contributed by atoms with Gasteiger partial charge in [-0.2, -0.15) is 13.2 Å². The quantitative estimate of drug-likeness (QED) is 0.303. The number of benzene rings is 2.